The molecule has 0 aliphatic carbocycles. The van der Waals surface area contributed by atoms with Gasteiger partial charge in [0.05, 0.1) is 6.54 Å². The Kier molecular flexibility index (Phi) is 6.62. The molecule has 1 saturated heterocycles. The zero-order valence-corrected chi connectivity index (χ0v) is 19.8. The lowest BCUT2D eigenvalue weighted by Crippen LogP contribution is -2.41. The molecule has 36 heavy (non-hydrogen) atoms. The van der Waals surface area contributed by atoms with Gasteiger partial charge in [0.25, 0.3) is 5.91 Å². The van der Waals surface area contributed by atoms with Gasteiger partial charge in [0.15, 0.2) is 5.78 Å². The zero-order chi connectivity index (χ0) is 26.2. The highest BCUT2D eigenvalue weighted by atomic mass is 19.3. The number of benzene rings is 2. The van der Waals surface area contributed by atoms with Gasteiger partial charge in [0, 0.05) is 23.5 Å². The third-order valence-electron chi connectivity index (χ3n) is 6.36. The Bertz CT molecular complexity index is 1320. The second-order valence-electron chi connectivity index (χ2n) is 8.77. The van der Waals surface area contributed by atoms with E-state index in [1.165, 1.54) is 43.3 Å². The molecule has 1 fully saturated rings. The second-order valence-corrected chi connectivity index (χ2v) is 8.77. The summed E-state index contributed by atoms with van der Waals surface area (Å²) < 4.78 is 44.3. The number of nitrogens with one attached hydrogen (secondary N) is 1. The van der Waals surface area contributed by atoms with E-state index in [2.05, 4.69) is 10.1 Å². The highest BCUT2D eigenvalue weighted by Gasteiger charge is 2.49. The number of urea groups is 1. The van der Waals surface area contributed by atoms with Gasteiger partial charge in [-0.3, -0.25) is 14.5 Å². The molecule has 0 bridgehead atoms. The smallest absolute Gasteiger partial charge is 0.387 e. The number of hydrogen-bond acceptors (Lipinski definition) is 4. The number of ether oxygens (including phenoxy) is 1. The van der Waals surface area contributed by atoms with Crippen LogP contribution in [0.15, 0.2) is 54.6 Å². The molecule has 0 spiro atoms. The molecule has 188 valence electrons. The minimum absolute atomic E-state index is 0.0860. The fourth-order valence-corrected chi connectivity index (χ4v) is 4.33. The van der Waals surface area contributed by atoms with Crippen molar-refractivity contribution in [2.24, 2.45) is 0 Å². The summed E-state index contributed by atoms with van der Waals surface area (Å²) in [4.78, 5) is 39.8. The number of ketones is 1. The Morgan fingerprint density at radius 2 is 1.69 bits per heavy atom. The van der Waals surface area contributed by atoms with Crippen LogP contribution in [-0.4, -0.2) is 40.3 Å². The van der Waals surface area contributed by atoms with Crippen LogP contribution in [-0.2, 0) is 16.9 Å². The van der Waals surface area contributed by atoms with Crippen molar-refractivity contribution in [1.29, 1.82) is 0 Å². The number of hydrogen-bond donors (Lipinski definition) is 1. The molecule has 1 unspecified atom stereocenters. The molecule has 0 saturated carbocycles. The Morgan fingerprint density at radius 1 is 1.06 bits per heavy atom. The lowest BCUT2D eigenvalue weighted by atomic mass is 9.92. The van der Waals surface area contributed by atoms with Gasteiger partial charge in [-0.2, -0.15) is 8.78 Å². The van der Waals surface area contributed by atoms with Crippen LogP contribution in [0.25, 0.3) is 0 Å². The van der Waals surface area contributed by atoms with Crippen LogP contribution in [0.3, 0.4) is 0 Å². The summed E-state index contributed by atoms with van der Waals surface area (Å²) in [5.41, 5.74) is 1.57. The summed E-state index contributed by atoms with van der Waals surface area (Å²) >= 11 is 0. The van der Waals surface area contributed by atoms with E-state index in [1.54, 1.807) is 25.1 Å². The van der Waals surface area contributed by atoms with Gasteiger partial charge in [-0.05, 0) is 62.2 Å². The summed E-state index contributed by atoms with van der Waals surface area (Å²) in [5.74, 6) is -1.48. The number of amides is 3. The predicted molar refractivity (Wildman–Crippen MR) is 124 cm³/mol. The van der Waals surface area contributed by atoms with E-state index in [1.807, 2.05) is 11.5 Å². The minimum atomic E-state index is -2.99. The van der Waals surface area contributed by atoms with Crippen LogP contribution < -0.4 is 10.1 Å². The third kappa shape index (κ3) is 4.71. The fraction of sp³-hybridized carbons (Fsp3) is 0.269. The van der Waals surface area contributed by atoms with Crippen LogP contribution in [0.5, 0.6) is 5.75 Å². The van der Waals surface area contributed by atoms with E-state index in [0.29, 0.717) is 23.4 Å². The van der Waals surface area contributed by atoms with Crippen LogP contribution in [0, 0.1) is 19.7 Å². The largest absolute Gasteiger partial charge is 0.435 e. The first kappa shape index (κ1) is 25.0. The van der Waals surface area contributed by atoms with Crippen molar-refractivity contribution in [1.82, 2.24) is 14.8 Å². The highest BCUT2D eigenvalue weighted by molar-refractivity contribution is 6.11. The minimum Gasteiger partial charge on any atom is -0.435 e. The van der Waals surface area contributed by atoms with Gasteiger partial charge in [-0.15, -0.1) is 0 Å². The lowest BCUT2D eigenvalue weighted by Gasteiger charge is -2.22. The number of halogens is 3. The van der Waals surface area contributed by atoms with E-state index in [-0.39, 0.29) is 11.6 Å². The van der Waals surface area contributed by atoms with Crippen molar-refractivity contribution in [3.8, 4) is 5.75 Å². The summed E-state index contributed by atoms with van der Waals surface area (Å²) in [6, 6.07) is 12.4. The maximum Gasteiger partial charge on any atom is 0.387 e. The number of aryl methyl sites for hydroxylation is 1. The van der Waals surface area contributed by atoms with E-state index >= 15 is 0 Å². The number of aromatic nitrogens is 1. The maximum atomic E-state index is 13.2. The van der Waals surface area contributed by atoms with Crippen molar-refractivity contribution in [3.63, 3.8) is 0 Å². The van der Waals surface area contributed by atoms with Crippen LogP contribution in [0.1, 0.15) is 39.8 Å². The molecule has 3 amide bonds. The topological polar surface area (TPSA) is 80.6 Å². The number of imide groups is 1. The molecule has 2 heterocycles. The van der Waals surface area contributed by atoms with Gasteiger partial charge < -0.3 is 14.6 Å². The normalized spacial score (nSPS) is 17.6. The average molecular weight is 499 g/mol. The van der Waals surface area contributed by atoms with Gasteiger partial charge in [-0.25, -0.2) is 9.18 Å². The Balaban J connectivity index is 1.51. The maximum absolute atomic E-state index is 13.2. The molecule has 1 aromatic heterocycles. The lowest BCUT2D eigenvalue weighted by molar-refractivity contribution is -0.130. The molecule has 7 nitrogen and oxygen atoms in total. The van der Waals surface area contributed by atoms with Gasteiger partial charge in [0.2, 0.25) is 0 Å². The highest BCUT2D eigenvalue weighted by Crippen LogP contribution is 2.31. The SMILES string of the molecule is Cc1cc(C(=O)CN2C(=O)NC(C)(c3ccc(OC(F)F)cc3)C2=O)c(C)n1Cc1ccc(F)cc1. The summed E-state index contributed by atoms with van der Waals surface area (Å²) in [6.07, 6.45) is 0. The quantitative estimate of drug-likeness (QED) is 0.365. The third-order valence-corrected chi connectivity index (χ3v) is 6.36. The number of carbonyl (C=O) groups excluding carboxylic acids is 3. The van der Waals surface area contributed by atoms with Crippen molar-refractivity contribution in [3.05, 3.63) is 88.5 Å². The molecule has 1 N–H and O–H groups in total. The molecule has 4 rings (SSSR count). The molecule has 1 aliphatic rings. The van der Waals surface area contributed by atoms with E-state index in [9.17, 15) is 27.6 Å². The van der Waals surface area contributed by atoms with Crippen molar-refractivity contribution >= 4 is 17.7 Å². The first-order valence-electron chi connectivity index (χ1n) is 11.1. The van der Waals surface area contributed by atoms with Crippen LogP contribution in [0.4, 0.5) is 18.0 Å². The number of carbonyl (C=O) groups is 3. The number of Topliss-reactive ketones (excluding diaryl/α,β-unsaturated/α-hetero) is 1. The molecular formula is C26H24F3N3O4. The summed E-state index contributed by atoms with van der Waals surface area (Å²) in [6.45, 7) is 2.06. The Labute approximate surface area is 205 Å². The summed E-state index contributed by atoms with van der Waals surface area (Å²) in [7, 11) is 0. The Morgan fingerprint density at radius 3 is 2.31 bits per heavy atom. The molecule has 10 heteroatoms. The standard InChI is InChI=1S/C26H24F3N3O4/c1-15-12-21(16(2)31(15)13-17-4-8-19(27)9-5-17)22(33)14-32-23(34)26(3,30-25(32)35)18-6-10-20(11-7-18)36-24(28)29/h4-12,24H,13-14H2,1-3H3,(H,30,35). The average Bonchev–Trinajstić information content (AvgIpc) is 3.23. The van der Waals surface area contributed by atoms with Gasteiger partial charge in [0.1, 0.15) is 17.1 Å². The molecular weight excluding hydrogens is 475 g/mol. The number of alkyl halides is 2. The van der Waals surface area contributed by atoms with Crippen LogP contribution >= 0.6 is 0 Å². The van der Waals surface area contributed by atoms with Crippen molar-refractivity contribution in [2.45, 2.75) is 39.5 Å². The molecule has 3 aromatic rings. The first-order chi connectivity index (χ1) is 17.0. The summed E-state index contributed by atoms with van der Waals surface area (Å²) in [5, 5.41) is 2.59. The first-order valence-corrected chi connectivity index (χ1v) is 11.1. The fourth-order valence-electron chi connectivity index (χ4n) is 4.33. The Hall–Kier alpha value is -4.08. The second kappa shape index (κ2) is 9.52. The number of rotatable bonds is 8. The van der Waals surface area contributed by atoms with E-state index in [0.717, 1.165) is 16.2 Å². The van der Waals surface area contributed by atoms with Gasteiger partial charge in [-0.1, -0.05) is 24.3 Å². The molecule has 0 radical (unpaired) electrons. The van der Waals surface area contributed by atoms with E-state index in [4.69, 9.17) is 0 Å². The molecule has 2 aromatic carbocycles. The molecule has 1 aliphatic heterocycles. The number of nitrogens with zero attached hydrogens (tertiary/aromatic N) is 2. The van der Waals surface area contributed by atoms with Crippen LogP contribution in [0.2, 0.25) is 0 Å². The zero-order valence-electron chi connectivity index (χ0n) is 19.8. The van der Waals surface area contributed by atoms with Crippen molar-refractivity contribution in [2.75, 3.05) is 6.54 Å². The molecule has 1 atom stereocenters. The van der Waals surface area contributed by atoms with Gasteiger partial charge >= 0.3 is 12.6 Å². The van der Waals surface area contributed by atoms with E-state index < -0.39 is 36.4 Å². The van der Waals surface area contributed by atoms with Crippen molar-refractivity contribution < 1.29 is 32.3 Å². The predicted octanol–water partition coefficient (Wildman–Crippen LogP) is 4.54. The monoisotopic (exact) mass is 499 g/mol.